The Bertz CT molecular complexity index is 683. The van der Waals surface area contributed by atoms with E-state index in [0.29, 0.717) is 31.1 Å². The molecule has 1 aliphatic rings. The molecule has 1 heterocycles. The fourth-order valence-corrected chi connectivity index (χ4v) is 4.31. The lowest BCUT2D eigenvalue weighted by Gasteiger charge is -2.19. The molecule has 3 N–H and O–H groups in total. The molecular weight excluding hydrogens is 330 g/mol. The summed E-state index contributed by atoms with van der Waals surface area (Å²) in [6.45, 7) is 4.91. The van der Waals surface area contributed by atoms with Crippen LogP contribution in [0.4, 0.5) is 5.69 Å². The minimum atomic E-state index is -3.64. The molecule has 0 saturated carbocycles. The van der Waals surface area contributed by atoms with Gasteiger partial charge < -0.3 is 15.8 Å². The van der Waals surface area contributed by atoms with E-state index in [1.807, 2.05) is 0 Å². The molecule has 1 unspecified atom stereocenters. The molecule has 1 fully saturated rings. The van der Waals surface area contributed by atoms with Gasteiger partial charge in [-0.1, -0.05) is 0 Å². The molecule has 1 aromatic carbocycles. The second kappa shape index (κ2) is 7.96. The highest BCUT2D eigenvalue weighted by Gasteiger charge is 2.30. The highest BCUT2D eigenvalue weighted by molar-refractivity contribution is 7.89. The third-order valence-corrected chi connectivity index (χ3v) is 5.64. The fourth-order valence-electron chi connectivity index (χ4n) is 2.63. The predicted octanol–water partition coefficient (Wildman–Crippen LogP) is 1.55. The summed E-state index contributed by atoms with van der Waals surface area (Å²) in [4.78, 5) is 12.0. The second-order valence-electron chi connectivity index (χ2n) is 5.94. The first-order valence-corrected chi connectivity index (χ1v) is 9.61. The van der Waals surface area contributed by atoms with Crippen LogP contribution >= 0.6 is 0 Å². The summed E-state index contributed by atoms with van der Waals surface area (Å²) in [5, 5.41) is 2.69. The van der Waals surface area contributed by atoms with Gasteiger partial charge in [0, 0.05) is 31.2 Å². The van der Waals surface area contributed by atoms with Crippen molar-refractivity contribution in [3.8, 4) is 5.75 Å². The fraction of sp³-hybridized carbons (Fsp3) is 0.562. The van der Waals surface area contributed by atoms with E-state index >= 15 is 0 Å². The second-order valence-corrected chi connectivity index (χ2v) is 7.84. The van der Waals surface area contributed by atoms with Crippen LogP contribution in [-0.4, -0.2) is 44.4 Å². The first kappa shape index (κ1) is 18.7. The van der Waals surface area contributed by atoms with E-state index in [0.717, 1.165) is 12.8 Å². The Balaban J connectivity index is 2.32. The molecule has 0 aliphatic carbocycles. The number of sulfonamides is 1. The number of carbonyl (C=O) groups is 1. The Morgan fingerprint density at radius 2 is 2.04 bits per heavy atom. The van der Waals surface area contributed by atoms with Crippen molar-refractivity contribution < 1.29 is 17.9 Å². The third-order valence-electron chi connectivity index (χ3n) is 3.72. The lowest BCUT2D eigenvalue weighted by molar-refractivity contribution is -0.116. The van der Waals surface area contributed by atoms with Gasteiger partial charge in [0.1, 0.15) is 10.6 Å². The van der Waals surface area contributed by atoms with E-state index in [4.69, 9.17) is 10.5 Å². The molecule has 0 bridgehead atoms. The van der Waals surface area contributed by atoms with E-state index in [-0.39, 0.29) is 23.3 Å². The molecular formula is C16H25N3O4S. The van der Waals surface area contributed by atoms with Crippen molar-refractivity contribution in [2.24, 2.45) is 5.73 Å². The molecule has 1 amide bonds. The average molecular weight is 355 g/mol. The standard InChI is InChI=1S/C16H25N3O4S/c1-3-23-14-7-6-13(18-16(20)10-12(2)17)11-15(14)24(21,22)19-8-4-5-9-19/h6-7,11-12H,3-5,8-10,17H2,1-2H3,(H,18,20). The summed E-state index contributed by atoms with van der Waals surface area (Å²) < 4.78 is 32.6. The minimum absolute atomic E-state index is 0.0878. The number of hydrogen-bond acceptors (Lipinski definition) is 5. The number of amides is 1. The smallest absolute Gasteiger partial charge is 0.246 e. The Hall–Kier alpha value is -1.64. The lowest BCUT2D eigenvalue weighted by atomic mass is 10.2. The number of nitrogens with zero attached hydrogens (tertiary/aromatic N) is 1. The van der Waals surface area contributed by atoms with Crippen molar-refractivity contribution in [1.29, 1.82) is 0 Å². The predicted molar refractivity (Wildman–Crippen MR) is 92.5 cm³/mol. The number of hydrogen-bond donors (Lipinski definition) is 2. The van der Waals surface area contributed by atoms with Gasteiger partial charge in [0.25, 0.3) is 0 Å². The number of rotatable bonds is 7. The Morgan fingerprint density at radius 3 is 2.62 bits per heavy atom. The summed E-state index contributed by atoms with van der Waals surface area (Å²) in [7, 11) is -3.64. The minimum Gasteiger partial charge on any atom is -0.492 e. The van der Waals surface area contributed by atoms with Crippen LogP contribution in [0, 0.1) is 0 Å². The molecule has 0 aromatic heterocycles. The van der Waals surface area contributed by atoms with Gasteiger partial charge in [-0.05, 0) is 44.9 Å². The maximum absolute atomic E-state index is 12.9. The first-order valence-electron chi connectivity index (χ1n) is 8.17. The molecule has 1 saturated heterocycles. The lowest BCUT2D eigenvalue weighted by Crippen LogP contribution is -2.28. The van der Waals surface area contributed by atoms with Gasteiger partial charge in [0.15, 0.2) is 0 Å². The van der Waals surface area contributed by atoms with Gasteiger partial charge in [0.05, 0.1) is 6.61 Å². The van der Waals surface area contributed by atoms with E-state index in [2.05, 4.69) is 5.32 Å². The van der Waals surface area contributed by atoms with Crippen LogP contribution in [0.15, 0.2) is 23.1 Å². The zero-order chi connectivity index (χ0) is 17.7. The number of benzene rings is 1. The monoisotopic (exact) mass is 355 g/mol. The van der Waals surface area contributed by atoms with Crippen molar-refractivity contribution in [3.63, 3.8) is 0 Å². The zero-order valence-corrected chi connectivity index (χ0v) is 14.9. The van der Waals surface area contributed by atoms with Gasteiger partial charge in [0.2, 0.25) is 15.9 Å². The molecule has 1 atom stereocenters. The van der Waals surface area contributed by atoms with Crippen LogP contribution in [0.2, 0.25) is 0 Å². The Kier molecular flexibility index (Phi) is 6.20. The normalized spacial score (nSPS) is 16.8. The summed E-state index contributed by atoms with van der Waals surface area (Å²) in [6.07, 6.45) is 1.88. The van der Waals surface area contributed by atoms with Crippen LogP contribution in [0.25, 0.3) is 0 Å². The van der Waals surface area contributed by atoms with Gasteiger partial charge in [-0.15, -0.1) is 0 Å². The Labute approximate surface area is 143 Å². The van der Waals surface area contributed by atoms with Gasteiger partial charge in [-0.25, -0.2) is 8.42 Å². The number of nitrogens with one attached hydrogen (secondary N) is 1. The van der Waals surface area contributed by atoms with Crippen molar-refractivity contribution in [3.05, 3.63) is 18.2 Å². The quantitative estimate of drug-likeness (QED) is 0.772. The van der Waals surface area contributed by atoms with Crippen molar-refractivity contribution >= 4 is 21.6 Å². The molecule has 1 aliphatic heterocycles. The number of nitrogens with two attached hydrogens (primary N) is 1. The number of anilines is 1. The van der Waals surface area contributed by atoms with Crippen molar-refractivity contribution in [2.75, 3.05) is 25.0 Å². The summed E-state index contributed by atoms with van der Waals surface area (Å²) >= 11 is 0. The number of carbonyl (C=O) groups excluding carboxylic acids is 1. The molecule has 134 valence electrons. The summed E-state index contributed by atoms with van der Waals surface area (Å²) in [5.41, 5.74) is 6.03. The van der Waals surface area contributed by atoms with Crippen LogP contribution in [0.1, 0.15) is 33.1 Å². The molecule has 1 aromatic rings. The molecule has 0 radical (unpaired) electrons. The van der Waals surface area contributed by atoms with Crippen LogP contribution in [0.5, 0.6) is 5.75 Å². The van der Waals surface area contributed by atoms with Crippen LogP contribution in [-0.2, 0) is 14.8 Å². The van der Waals surface area contributed by atoms with E-state index in [9.17, 15) is 13.2 Å². The van der Waals surface area contributed by atoms with E-state index in [1.165, 1.54) is 10.4 Å². The Morgan fingerprint density at radius 1 is 1.38 bits per heavy atom. The molecule has 0 spiro atoms. The van der Waals surface area contributed by atoms with Crippen LogP contribution in [0.3, 0.4) is 0 Å². The molecule has 8 heteroatoms. The number of ether oxygens (including phenoxy) is 1. The van der Waals surface area contributed by atoms with E-state index in [1.54, 1.807) is 26.0 Å². The first-order chi connectivity index (χ1) is 11.3. The molecule has 24 heavy (non-hydrogen) atoms. The SMILES string of the molecule is CCOc1ccc(NC(=O)CC(C)N)cc1S(=O)(=O)N1CCCC1. The largest absolute Gasteiger partial charge is 0.492 e. The maximum Gasteiger partial charge on any atom is 0.246 e. The van der Waals surface area contributed by atoms with E-state index < -0.39 is 10.0 Å². The summed E-state index contributed by atoms with van der Waals surface area (Å²) in [5.74, 6) is 0.0493. The van der Waals surface area contributed by atoms with Gasteiger partial charge in [-0.3, -0.25) is 4.79 Å². The average Bonchev–Trinajstić information content (AvgIpc) is 3.03. The zero-order valence-electron chi connectivity index (χ0n) is 14.1. The topological polar surface area (TPSA) is 102 Å². The third kappa shape index (κ3) is 4.46. The summed E-state index contributed by atoms with van der Waals surface area (Å²) in [6, 6.07) is 4.40. The van der Waals surface area contributed by atoms with Gasteiger partial charge >= 0.3 is 0 Å². The van der Waals surface area contributed by atoms with Crippen LogP contribution < -0.4 is 15.8 Å². The highest BCUT2D eigenvalue weighted by Crippen LogP contribution is 2.31. The molecule has 2 rings (SSSR count). The van der Waals surface area contributed by atoms with Crippen molar-refractivity contribution in [2.45, 2.75) is 44.0 Å². The molecule has 7 nitrogen and oxygen atoms in total. The maximum atomic E-state index is 12.9. The van der Waals surface area contributed by atoms with Crippen molar-refractivity contribution in [1.82, 2.24) is 4.31 Å². The highest BCUT2D eigenvalue weighted by atomic mass is 32.2. The van der Waals surface area contributed by atoms with Gasteiger partial charge in [-0.2, -0.15) is 4.31 Å².